The SMILES string of the molecule is Cc1cccc(C)c1OCc1nnc(SCC(=O)Nc2c(F)cc(F)cc2Br)n1C. The number of aryl methyl sites for hydroxylation is 2. The number of hydrogen-bond acceptors (Lipinski definition) is 5. The fraction of sp³-hybridized carbons (Fsp3) is 0.250. The van der Waals surface area contributed by atoms with Gasteiger partial charge in [0.1, 0.15) is 18.2 Å². The van der Waals surface area contributed by atoms with Crippen LogP contribution in [0.2, 0.25) is 0 Å². The topological polar surface area (TPSA) is 69.0 Å². The van der Waals surface area contributed by atoms with Crippen molar-refractivity contribution < 1.29 is 18.3 Å². The lowest BCUT2D eigenvalue weighted by Crippen LogP contribution is -2.16. The summed E-state index contributed by atoms with van der Waals surface area (Å²) in [6.07, 6.45) is 0. The molecule has 30 heavy (non-hydrogen) atoms. The standard InChI is InChI=1S/C20H19BrF2N4O2S/c1-11-5-4-6-12(2)19(11)29-9-16-25-26-20(27(16)3)30-10-17(28)24-18-14(21)7-13(22)8-15(18)23/h4-8H,9-10H2,1-3H3,(H,24,28). The molecule has 2 aromatic carbocycles. The average molecular weight is 497 g/mol. The molecule has 0 spiro atoms. The van der Waals surface area contributed by atoms with Gasteiger partial charge in [-0.3, -0.25) is 4.79 Å². The molecule has 6 nitrogen and oxygen atoms in total. The number of hydrogen-bond donors (Lipinski definition) is 1. The Bertz CT molecular complexity index is 1050. The van der Waals surface area contributed by atoms with E-state index in [-0.39, 0.29) is 22.5 Å². The number of halogens is 3. The summed E-state index contributed by atoms with van der Waals surface area (Å²) in [5.41, 5.74) is 1.95. The number of anilines is 1. The number of nitrogens with zero attached hydrogens (tertiary/aromatic N) is 3. The third-order valence-electron chi connectivity index (χ3n) is 4.28. The van der Waals surface area contributed by atoms with Gasteiger partial charge in [0.25, 0.3) is 0 Å². The Kier molecular flexibility index (Phi) is 7.09. The van der Waals surface area contributed by atoms with Crippen molar-refractivity contribution in [3.63, 3.8) is 0 Å². The second kappa shape index (κ2) is 9.57. The van der Waals surface area contributed by atoms with Gasteiger partial charge in [-0.25, -0.2) is 8.78 Å². The zero-order valence-electron chi connectivity index (χ0n) is 16.5. The maximum Gasteiger partial charge on any atom is 0.234 e. The van der Waals surface area contributed by atoms with E-state index < -0.39 is 17.5 Å². The zero-order valence-corrected chi connectivity index (χ0v) is 18.9. The van der Waals surface area contributed by atoms with Crippen LogP contribution < -0.4 is 10.1 Å². The van der Waals surface area contributed by atoms with Crippen molar-refractivity contribution in [2.24, 2.45) is 7.05 Å². The second-order valence-electron chi connectivity index (χ2n) is 6.55. The van der Waals surface area contributed by atoms with Gasteiger partial charge in [0.2, 0.25) is 5.91 Å². The highest BCUT2D eigenvalue weighted by Crippen LogP contribution is 2.27. The summed E-state index contributed by atoms with van der Waals surface area (Å²) in [7, 11) is 1.78. The normalized spacial score (nSPS) is 10.9. The minimum atomic E-state index is -0.857. The van der Waals surface area contributed by atoms with Crippen molar-refractivity contribution in [1.82, 2.24) is 14.8 Å². The Morgan fingerprint density at radius 2 is 1.93 bits per heavy atom. The number of benzene rings is 2. The number of aromatic nitrogens is 3. The molecule has 1 aromatic heterocycles. The van der Waals surface area contributed by atoms with Gasteiger partial charge in [-0.1, -0.05) is 30.0 Å². The Hall–Kier alpha value is -2.46. The number of ether oxygens (including phenoxy) is 1. The monoisotopic (exact) mass is 496 g/mol. The van der Waals surface area contributed by atoms with E-state index in [9.17, 15) is 13.6 Å². The van der Waals surface area contributed by atoms with Crippen LogP contribution in [0.1, 0.15) is 17.0 Å². The summed E-state index contributed by atoms with van der Waals surface area (Å²) >= 11 is 4.19. The molecule has 158 valence electrons. The molecule has 0 unspecified atom stereocenters. The van der Waals surface area contributed by atoms with E-state index in [0.29, 0.717) is 17.0 Å². The van der Waals surface area contributed by atoms with Gasteiger partial charge in [-0.15, -0.1) is 10.2 Å². The number of nitrogens with one attached hydrogen (secondary N) is 1. The summed E-state index contributed by atoms with van der Waals surface area (Å²) in [5, 5.41) is 11.1. The van der Waals surface area contributed by atoms with Gasteiger partial charge in [-0.05, 0) is 47.0 Å². The predicted molar refractivity (Wildman–Crippen MR) is 115 cm³/mol. The van der Waals surface area contributed by atoms with Crippen LogP contribution in [0.25, 0.3) is 0 Å². The molecular formula is C20H19BrF2N4O2S. The molecule has 3 aromatic rings. The summed E-state index contributed by atoms with van der Waals surface area (Å²) in [6.45, 7) is 4.18. The van der Waals surface area contributed by atoms with Crippen molar-refractivity contribution >= 4 is 39.3 Å². The molecule has 0 aliphatic heterocycles. The number of rotatable bonds is 7. The highest BCUT2D eigenvalue weighted by molar-refractivity contribution is 9.10. The Morgan fingerprint density at radius 1 is 1.23 bits per heavy atom. The first kappa shape index (κ1) is 22.2. The smallest absolute Gasteiger partial charge is 0.234 e. The van der Waals surface area contributed by atoms with Crippen molar-refractivity contribution in [3.8, 4) is 5.75 Å². The van der Waals surface area contributed by atoms with Crippen LogP contribution in [0.15, 0.2) is 40.0 Å². The number of carbonyl (C=O) groups is 1. The summed E-state index contributed by atoms with van der Waals surface area (Å²) in [6, 6.07) is 7.70. The molecule has 0 saturated carbocycles. The first-order chi connectivity index (χ1) is 14.3. The first-order valence-electron chi connectivity index (χ1n) is 8.90. The lowest BCUT2D eigenvalue weighted by atomic mass is 10.1. The van der Waals surface area contributed by atoms with Crippen molar-refractivity contribution in [2.45, 2.75) is 25.6 Å². The fourth-order valence-corrected chi connectivity index (χ4v) is 3.96. The number of thioether (sulfide) groups is 1. The van der Waals surface area contributed by atoms with Gasteiger partial charge in [0.15, 0.2) is 16.8 Å². The van der Waals surface area contributed by atoms with E-state index in [2.05, 4.69) is 31.4 Å². The largest absolute Gasteiger partial charge is 0.485 e. The average Bonchev–Trinajstić information content (AvgIpc) is 3.02. The van der Waals surface area contributed by atoms with Gasteiger partial charge >= 0.3 is 0 Å². The van der Waals surface area contributed by atoms with E-state index >= 15 is 0 Å². The van der Waals surface area contributed by atoms with Gasteiger partial charge in [0, 0.05) is 17.6 Å². The van der Waals surface area contributed by atoms with Gasteiger partial charge in [-0.2, -0.15) is 0 Å². The molecular weight excluding hydrogens is 478 g/mol. The molecule has 0 bridgehead atoms. The Labute approximate surface area is 185 Å². The van der Waals surface area contributed by atoms with Crippen LogP contribution in [-0.2, 0) is 18.4 Å². The minimum absolute atomic E-state index is 0.0208. The van der Waals surface area contributed by atoms with Crippen molar-refractivity contribution in [2.75, 3.05) is 11.1 Å². The van der Waals surface area contributed by atoms with Crippen molar-refractivity contribution in [1.29, 1.82) is 0 Å². The van der Waals surface area contributed by atoms with Crippen LogP contribution in [0.3, 0.4) is 0 Å². The van der Waals surface area contributed by atoms with E-state index in [1.54, 1.807) is 11.6 Å². The van der Waals surface area contributed by atoms with Gasteiger partial charge in [0.05, 0.1) is 11.4 Å². The predicted octanol–water partition coefficient (Wildman–Crippen LogP) is 4.78. The molecule has 0 saturated heterocycles. The number of para-hydroxylation sites is 1. The minimum Gasteiger partial charge on any atom is -0.485 e. The summed E-state index contributed by atoms with van der Waals surface area (Å²) in [5.74, 6) is -0.657. The van der Waals surface area contributed by atoms with Gasteiger partial charge < -0.3 is 14.6 Å². The first-order valence-corrected chi connectivity index (χ1v) is 10.7. The maximum atomic E-state index is 13.9. The molecule has 1 amide bonds. The van der Waals surface area contributed by atoms with Crippen LogP contribution >= 0.6 is 27.7 Å². The molecule has 1 heterocycles. The molecule has 1 N–H and O–H groups in total. The van der Waals surface area contributed by atoms with E-state index in [1.807, 2.05) is 32.0 Å². The van der Waals surface area contributed by atoms with Crippen molar-refractivity contribution in [3.05, 3.63) is 63.4 Å². The van der Waals surface area contributed by atoms with E-state index in [4.69, 9.17) is 4.74 Å². The second-order valence-corrected chi connectivity index (χ2v) is 8.35. The van der Waals surface area contributed by atoms with Crippen LogP contribution in [-0.4, -0.2) is 26.4 Å². The quantitative estimate of drug-likeness (QED) is 0.476. The van der Waals surface area contributed by atoms with E-state index in [1.165, 1.54) is 0 Å². The third kappa shape index (κ3) is 5.17. The molecule has 0 aliphatic carbocycles. The molecule has 0 atom stereocenters. The highest BCUT2D eigenvalue weighted by Gasteiger charge is 2.16. The van der Waals surface area contributed by atoms with Crippen LogP contribution in [0.4, 0.5) is 14.5 Å². The molecule has 0 fully saturated rings. The van der Waals surface area contributed by atoms with Crippen LogP contribution in [0.5, 0.6) is 5.75 Å². The van der Waals surface area contributed by atoms with E-state index in [0.717, 1.165) is 34.7 Å². The molecule has 10 heteroatoms. The number of amides is 1. The molecule has 3 rings (SSSR count). The summed E-state index contributed by atoms with van der Waals surface area (Å²) < 4.78 is 34.8. The lowest BCUT2D eigenvalue weighted by molar-refractivity contribution is -0.113. The molecule has 0 radical (unpaired) electrons. The highest BCUT2D eigenvalue weighted by atomic mass is 79.9. The fourth-order valence-electron chi connectivity index (χ4n) is 2.73. The third-order valence-corrected chi connectivity index (χ3v) is 5.93. The maximum absolute atomic E-state index is 13.9. The molecule has 0 aliphatic rings. The Balaban J connectivity index is 1.59. The summed E-state index contributed by atoms with van der Waals surface area (Å²) in [4.78, 5) is 12.2. The zero-order chi connectivity index (χ0) is 21.8. The van der Waals surface area contributed by atoms with Crippen LogP contribution in [0, 0.1) is 25.5 Å². The Morgan fingerprint density at radius 3 is 2.60 bits per heavy atom. The number of carbonyl (C=O) groups excluding carboxylic acids is 1. The lowest BCUT2D eigenvalue weighted by Gasteiger charge is -2.11.